The topological polar surface area (TPSA) is 17.8 Å². The van der Waals surface area contributed by atoms with Crippen molar-refractivity contribution in [1.29, 1.82) is 0 Å². The summed E-state index contributed by atoms with van der Waals surface area (Å²) in [7, 11) is 2.06. The van der Waals surface area contributed by atoms with Crippen LogP contribution >= 0.6 is 23.4 Å². The van der Waals surface area contributed by atoms with Gasteiger partial charge in [0, 0.05) is 17.0 Å². The Morgan fingerprint density at radius 2 is 1.60 bits per heavy atom. The van der Waals surface area contributed by atoms with Gasteiger partial charge in [0.15, 0.2) is 0 Å². The van der Waals surface area contributed by atoms with Gasteiger partial charge in [-0.15, -0.1) is 11.8 Å². The van der Waals surface area contributed by atoms with Crippen LogP contribution in [-0.2, 0) is 7.05 Å². The Morgan fingerprint density at radius 3 is 2.32 bits per heavy atom. The van der Waals surface area contributed by atoms with Crippen LogP contribution in [0, 0.1) is 0 Å². The fraction of sp³-hybridized carbons (Fsp3) is 0.0952. The first kappa shape index (κ1) is 16.2. The van der Waals surface area contributed by atoms with E-state index < -0.39 is 0 Å². The summed E-state index contributed by atoms with van der Waals surface area (Å²) >= 11 is 7.99. The molecule has 2 nitrogen and oxygen atoms in total. The first-order valence-corrected chi connectivity index (χ1v) is 9.36. The summed E-state index contributed by atoms with van der Waals surface area (Å²) in [6.07, 6.45) is 0. The molecule has 4 aromatic rings. The van der Waals surface area contributed by atoms with Gasteiger partial charge >= 0.3 is 0 Å². The number of hydrogen-bond donors (Lipinski definition) is 0. The summed E-state index contributed by atoms with van der Waals surface area (Å²) in [4.78, 5) is 6.13. The third kappa shape index (κ3) is 3.30. The smallest absolute Gasteiger partial charge is 0.127 e. The van der Waals surface area contributed by atoms with Gasteiger partial charge in [0.25, 0.3) is 0 Å². The number of rotatable bonds is 4. The second-order valence-electron chi connectivity index (χ2n) is 5.88. The van der Waals surface area contributed by atoms with Crippen molar-refractivity contribution in [3.8, 4) is 0 Å². The van der Waals surface area contributed by atoms with Crippen LogP contribution in [0.2, 0.25) is 5.02 Å². The van der Waals surface area contributed by atoms with E-state index in [0.717, 1.165) is 21.9 Å². The minimum Gasteiger partial charge on any atom is -0.330 e. The van der Waals surface area contributed by atoms with Gasteiger partial charge in [0.1, 0.15) is 5.82 Å². The zero-order valence-electron chi connectivity index (χ0n) is 13.8. The zero-order chi connectivity index (χ0) is 17.2. The molecule has 124 valence electrons. The van der Waals surface area contributed by atoms with Crippen LogP contribution in [0.3, 0.4) is 0 Å². The van der Waals surface area contributed by atoms with Crippen molar-refractivity contribution in [2.75, 3.05) is 0 Å². The van der Waals surface area contributed by atoms with Crippen molar-refractivity contribution in [1.82, 2.24) is 9.55 Å². The Bertz CT molecular complexity index is 997. The molecule has 0 saturated heterocycles. The molecule has 4 rings (SSSR count). The highest BCUT2D eigenvalue weighted by atomic mass is 35.5. The molecule has 25 heavy (non-hydrogen) atoms. The highest BCUT2D eigenvalue weighted by Crippen LogP contribution is 2.40. The lowest BCUT2D eigenvalue weighted by molar-refractivity contribution is 0.835. The molecule has 0 aliphatic heterocycles. The number of imidazole rings is 1. The van der Waals surface area contributed by atoms with Crippen LogP contribution in [0.5, 0.6) is 0 Å². The van der Waals surface area contributed by atoms with Crippen molar-refractivity contribution in [3.63, 3.8) is 0 Å². The number of fused-ring (bicyclic) bond motifs is 1. The van der Waals surface area contributed by atoms with Gasteiger partial charge in [-0.3, -0.25) is 0 Å². The van der Waals surface area contributed by atoms with Crippen LogP contribution in [0.4, 0.5) is 0 Å². The predicted molar refractivity (Wildman–Crippen MR) is 106 cm³/mol. The van der Waals surface area contributed by atoms with E-state index in [4.69, 9.17) is 16.6 Å². The van der Waals surface area contributed by atoms with Gasteiger partial charge < -0.3 is 4.57 Å². The molecule has 1 heterocycles. The van der Waals surface area contributed by atoms with E-state index in [1.54, 1.807) is 0 Å². The Balaban J connectivity index is 1.84. The summed E-state index contributed by atoms with van der Waals surface area (Å²) in [5.41, 5.74) is 3.26. The molecular weight excluding hydrogens is 348 g/mol. The molecule has 3 aromatic carbocycles. The van der Waals surface area contributed by atoms with Crippen molar-refractivity contribution in [2.45, 2.75) is 10.1 Å². The number of aromatic nitrogens is 2. The fourth-order valence-electron chi connectivity index (χ4n) is 2.95. The molecule has 0 bridgehead atoms. The molecule has 1 aromatic heterocycles. The number of hydrogen-bond acceptors (Lipinski definition) is 2. The number of benzene rings is 3. The Hall–Kier alpha value is -2.23. The van der Waals surface area contributed by atoms with E-state index in [-0.39, 0.29) is 5.25 Å². The SMILES string of the molecule is Cn1c(C(Sc2ccccc2)c2ccccc2)nc2ccc(Cl)cc21. The molecule has 0 N–H and O–H groups in total. The predicted octanol–water partition coefficient (Wildman–Crippen LogP) is 6.11. The Labute approximate surface area is 156 Å². The molecule has 1 unspecified atom stereocenters. The highest BCUT2D eigenvalue weighted by Gasteiger charge is 2.22. The van der Waals surface area contributed by atoms with E-state index in [0.29, 0.717) is 0 Å². The first-order chi connectivity index (χ1) is 12.2. The number of thioether (sulfide) groups is 1. The van der Waals surface area contributed by atoms with E-state index in [1.807, 2.05) is 42.1 Å². The number of halogens is 1. The molecule has 0 amide bonds. The Kier molecular flexibility index (Phi) is 4.51. The molecule has 1 atom stereocenters. The lowest BCUT2D eigenvalue weighted by atomic mass is 10.1. The van der Waals surface area contributed by atoms with Crippen molar-refractivity contribution < 1.29 is 0 Å². The molecule has 0 aliphatic carbocycles. The standard InChI is InChI=1S/C21H17ClN2S/c1-24-19-14-16(22)12-13-18(19)23-21(24)20(15-8-4-2-5-9-15)25-17-10-6-3-7-11-17/h2-14,20H,1H3. The van der Waals surface area contributed by atoms with Crippen LogP contribution in [0.25, 0.3) is 11.0 Å². The number of aryl methyl sites for hydroxylation is 1. The highest BCUT2D eigenvalue weighted by molar-refractivity contribution is 7.99. The van der Waals surface area contributed by atoms with E-state index in [1.165, 1.54) is 10.5 Å². The molecule has 0 radical (unpaired) electrons. The van der Waals surface area contributed by atoms with Crippen LogP contribution in [-0.4, -0.2) is 9.55 Å². The van der Waals surface area contributed by atoms with Gasteiger partial charge in [-0.1, -0.05) is 60.1 Å². The van der Waals surface area contributed by atoms with E-state index >= 15 is 0 Å². The van der Waals surface area contributed by atoms with Crippen molar-refractivity contribution >= 4 is 34.4 Å². The van der Waals surface area contributed by atoms with Gasteiger partial charge in [-0.2, -0.15) is 0 Å². The Morgan fingerprint density at radius 1 is 0.920 bits per heavy atom. The molecule has 0 aliphatic rings. The zero-order valence-corrected chi connectivity index (χ0v) is 15.3. The lowest BCUT2D eigenvalue weighted by Crippen LogP contribution is -2.05. The number of nitrogens with zero attached hydrogens (tertiary/aromatic N) is 2. The van der Waals surface area contributed by atoms with Gasteiger partial charge in [0.2, 0.25) is 0 Å². The van der Waals surface area contributed by atoms with Crippen LogP contribution < -0.4 is 0 Å². The molecule has 4 heteroatoms. The van der Waals surface area contributed by atoms with E-state index in [9.17, 15) is 0 Å². The minimum absolute atomic E-state index is 0.111. The maximum absolute atomic E-state index is 6.18. The molecule has 0 saturated carbocycles. The monoisotopic (exact) mass is 364 g/mol. The largest absolute Gasteiger partial charge is 0.330 e. The lowest BCUT2D eigenvalue weighted by Gasteiger charge is -2.17. The molecule has 0 spiro atoms. The maximum atomic E-state index is 6.18. The average Bonchev–Trinajstić information content (AvgIpc) is 2.97. The third-order valence-corrected chi connectivity index (χ3v) is 5.71. The molecular formula is C21H17ClN2S. The summed E-state index contributed by atoms with van der Waals surface area (Å²) in [6.45, 7) is 0. The summed E-state index contributed by atoms with van der Waals surface area (Å²) in [6, 6.07) is 26.8. The molecule has 0 fully saturated rings. The van der Waals surface area contributed by atoms with Crippen molar-refractivity contribution in [3.05, 3.63) is 95.3 Å². The fourth-order valence-corrected chi connectivity index (χ4v) is 4.31. The summed E-state index contributed by atoms with van der Waals surface area (Å²) in [5.74, 6) is 1.03. The quantitative estimate of drug-likeness (QED) is 0.406. The van der Waals surface area contributed by atoms with Crippen molar-refractivity contribution in [2.24, 2.45) is 7.05 Å². The third-order valence-electron chi connectivity index (χ3n) is 4.21. The van der Waals surface area contributed by atoms with Gasteiger partial charge in [-0.05, 0) is 35.9 Å². The van der Waals surface area contributed by atoms with Gasteiger partial charge in [0.05, 0.1) is 16.3 Å². The summed E-state index contributed by atoms with van der Waals surface area (Å²) in [5, 5.41) is 0.841. The normalized spacial score (nSPS) is 12.4. The second kappa shape index (κ2) is 6.95. The summed E-state index contributed by atoms with van der Waals surface area (Å²) < 4.78 is 2.15. The minimum atomic E-state index is 0.111. The van der Waals surface area contributed by atoms with Crippen LogP contribution in [0.15, 0.2) is 83.8 Å². The van der Waals surface area contributed by atoms with E-state index in [2.05, 4.69) is 60.1 Å². The first-order valence-electron chi connectivity index (χ1n) is 8.11. The average molecular weight is 365 g/mol. The second-order valence-corrected chi connectivity index (χ2v) is 7.50. The maximum Gasteiger partial charge on any atom is 0.127 e. The van der Waals surface area contributed by atoms with Gasteiger partial charge in [-0.25, -0.2) is 4.98 Å². The van der Waals surface area contributed by atoms with Crippen LogP contribution in [0.1, 0.15) is 16.6 Å².